The van der Waals surface area contributed by atoms with Crippen molar-refractivity contribution in [2.75, 3.05) is 13.1 Å². The number of amides is 1. The van der Waals surface area contributed by atoms with Crippen LogP contribution in [0.5, 0.6) is 5.75 Å². The normalized spacial score (nSPS) is 22.3. The summed E-state index contributed by atoms with van der Waals surface area (Å²) in [6, 6.07) is 24.4. The number of carbonyl (C=O) groups excluding carboxylic acids is 3. The summed E-state index contributed by atoms with van der Waals surface area (Å²) in [5, 5.41) is 0. The molecule has 6 heteroatoms. The van der Waals surface area contributed by atoms with E-state index in [1.165, 1.54) is 30.9 Å². The van der Waals surface area contributed by atoms with E-state index in [2.05, 4.69) is 73.3 Å². The number of Topliss-reactive ketones (excluding diaryl/α,β-unsaturated/α-hetero) is 2. The molecule has 2 heterocycles. The maximum absolute atomic E-state index is 13.5. The highest BCUT2D eigenvalue weighted by Gasteiger charge is 2.40. The van der Waals surface area contributed by atoms with E-state index in [1.54, 1.807) is 4.90 Å². The number of carbonyl (C=O) groups is 3. The number of hydrogen-bond donors (Lipinski definition) is 0. The number of nitrogens with zero attached hydrogens (tertiary/aromatic N) is 2. The van der Waals surface area contributed by atoms with E-state index < -0.39 is 6.04 Å². The van der Waals surface area contributed by atoms with Gasteiger partial charge in [-0.15, -0.1) is 0 Å². The van der Waals surface area contributed by atoms with Crippen LogP contribution in [0.1, 0.15) is 104 Å². The fourth-order valence-corrected chi connectivity index (χ4v) is 8.31. The summed E-state index contributed by atoms with van der Waals surface area (Å²) in [6.45, 7) is 9.75. The highest BCUT2D eigenvalue weighted by molar-refractivity contribution is 6.01. The molecule has 2 fully saturated rings. The van der Waals surface area contributed by atoms with Gasteiger partial charge >= 0.3 is 0 Å². The van der Waals surface area contributed by atoms with Crippen molar-refractivity contribution in [3.8, 4) is 5.75 Å². The third kappa shape index (κ3) is 7.44. The van der Waals surface area contributed by atoms with Crippen molar-refractivity contribution in [2.45, 2.75) is 97.4 Å². The van der Waals surface area contributed by atoms with Gasteiger partial charge in [-0.3, -0.25) is 19.3 Å². The summed E-state index contributed by atoms with van der Waals surface area (Å²) in [5.74, 6) is 1.94. The zero-order valence-electron chi connectivity index (χ0n) is 27.7. The lowest BCUT2D eigenvalue weighted by atomic mass is 9.61. The second-order valence-corrected chi connectivity index (χ2v) is 14.5. The SMILES string of the molecule is CC(=O)C(CCC(=O)CC1(C)CC(C)C1)N1Cc2c(OCc3cccc(CN4CCC(c5ccccc5)CC4)c3)cccc2C1=O. The Bertz CT molecular complexity index is 1550. The molecule has 1 unspecified atom stereocenters. The van der Waals surface area contributed by atoms with Crippen LogP contribution in [0, 0.1) is 11.3 Å². The summed E-state index contributed by atoms with van der Waals surface area (Å²) in [5.41, 5.74) is 5.31. The van der Waals surface area contributed by atoms with Crippen LogP contribution < -0.4 is 4.74 Å². The fraction of sp³-hybridized carbons (Fsp3) is 0.475. The average molecular weight is 621 g/mol. The van der Waals surface area contributed by atoms with Crippen molar-refractivity contribution in [1.29, 1.82) is 0 Å². The molecule has 6 rings (SSSR count). The number of hydrogen-bond acceptors (Lipinski definition) is 5. The van der Waals surface area contributed by atoms with Gasteiger partial charge in [0, 0.05) is 30.5 Å². The highest BCUT2D eigenvalue weighted by Crippen LogP contribution is 2.48. The molecule has 0 spiro atoms. The second-order valence-electron chi connectivity index (χ2n) is 14.5. The first-order valence-electron chi connectivity index (χ1n) is 17.1. The molecule has 2 aliphatic heterocycles. The van der Waals surface area contributed by atoms with Crippen LogP contribution in [-0.4, -0.2) is 46.4 Å². The van der Waals surface area contributed by atoms with Gasteiger partial charge in [0.05, 0.1) is 12.6 Å². The Hall–Kier alpha value is -3.77. The molecule has 0 radical (unpaired) electrons. The Morgan fingerprint density at radius 1 is 0.957 bits per heavy atom. The van der Waals surface area contributed by atoms with Gasteiger partial charge in [0.1, 0.15) is 18.1 Å². The van der Waals surface area contributed by atoms with E-state index in [1.807, 2.05) is 18.2 Å². The van der Waals surface area contributed by atoms with Crippen LogP contribution in [0.4, 0.5) is 0 Å². The first kappa shape index (κ1) is 32.2. The first-order valence-corrected chi connectivity index (χ1v) is 17.1. The largest absolute Gasteiger partial charge is 0.489 e. The average Bonchev–Trinajstić information content (AvgIpc) is 3.36. The van der Waals surface area contributed by atoms with Crippen molar-refractivity contribution < 1.29 is 19.1 Å². The molecule has 0 bridgehead atoms. The van der Waals surface area contributed by atoms with Crippen LogP contribution in [0.3, 0.4) is 0 Å². The minimum absolute atomic E-state index is 0.0824. The molecule has 1 aliphatic carbocycles. The van der Waals surface area contributed by atoms with E-state index in [0.29, 0.717) is 55.6 Å². The summed E-state index contributed by atoms with van der Waals surface area (Å²) in [6.07, 6.45) is 5.77. The summed E-state index contributed by atoms with van der Waals surface area (Å²) < 4.78 is 6.33. The number of benzene rings is 3. The van der Waals surface area contributed by atoms with Crippen LogP contribution in [0.25, 0.3) is 0 Å². The summed E-state index contributed by atoms with van der Waals surface area (Å²) in [4.78, 5) is 43.3. The van der Waals surface area contributed by atoms with Gasteiger partial charge in [0.2, 0.25) is 0 Å². The van der Waals surface area contributed by atoms with Gasteiger partial charge in [0.25, 0.3) is 5.91 Å². The van der Waals surface area contributed by atoms with Crippen LogP contribution in [-0.2, 0) is 29.3 Å². The summed E-state index contributed by atoms with van der Waals surface area (Å²) >= 11 is 0. The van der Waals surface area contributed by atoms with Crippen molar-refractivity contribution in [2.24, 2.45) is 11.3 Å². The Morgan fingerprint density at radius 2 is 1.67 bits per heavy atom. The number of fused-ring (bicyclic) bond motifs is 1. The number of piperidine rings is 1. The van der Waals surface area contributed by atoms with Crippen LogP contribution in [0.2, 0.25) is 0 Å². The molecule has 1 amide bonds. The molecular formula is C40H48N2O4. The van der Waals surface area contributed by atoms with E-state index in [4.69, 9.17) is 4.74 Å². The third-order valence-corrected chi connectivity index (χ3v) is 10.5. The topological polar surface area (TPSA) is 66.9 Å². The molecule has 1 saturated heterocycles. The molecule has 1 atom stereocenters. The minimum Gasteiger partial charge on any atom is -0.489 e. The van der Waals surface area contributed by atoms with Gasteiger partial charge < -0.3 is 9.64 Å². The molecule has 46 heavy (non-hydrogen) atoms. The second kappa shape index (κ2) is 13.9. The quantitative estimate of drug-likeness (QED) is 0.196. The molecule has 242 valence electrons. The third-order valence-electron chi connectivity index (χ3n) is 10.5. The Labute approximate surface area is 274 Å². The van der Waals surface area contributed by atoms with E-state index in [9.17, 15) is 14.4 Å². The molecule has 3 aliphatic rings. The number of ketones is 2. The zero-order valence-corrected chi connectivity index (χ0v) is 27.7. The molecule has 3 aromatic rings. The van der Waals surface area contributed by atoms with E-state index in [0.717, 1.165) is 43.6 Å². The lowest BCUT2D eigenvalue weighted by molar-refractivity contribution is -0.124. The Morgan fingerprint density at radius 3 is 2.39 bits per heavy atom. The van der Waals surface area contributed by atoms with Crippen molar-refractivity contribution in [1.82, 2.24) is 9.80 Å². The predicted molar refractivity (Wildman–Crippen MR) is 181 cm³/mol. The van der Waals surface area contributed by atoms with Crippen LogP contribution >= 0.6 is 0 Å². The lowest BCUT2D eigenvalue weighted by Gasteiger charge is -2.43. The van der Waals surface area contributed by atoms with Gasteiger partial charge in [0.15, 0.2) is 5.78 Å². The summed E-state index contributed by atoms with van der Waals surface area (Å²) in [7, 11) is 0. The predicted octanol–water partition coefficient (Wildman–Crippen LogP) is 7.73. The van der Waals surface area contributed by atoms with E-state index in [-0.39, 0.29) is 22.9 Å². The molecule has 6 nitrogen and oxygen atoms in total. The highest BCUT2D eigenvalue weighted by atomic mass is 16.5. The molecule has 1 saturated carbocycles. The smallest absolute Gasteiger partial charge is 0.255 e. The van der Waals surface area contributed by atoms with Crippen molar-refractivity contribution in [3.05, 3.63) is 101 Å². The maximum atomic E-state index is 13.5. The van der Waals surface area contributed by atoms with Crippen molar-refractivity contribution in [3.63, 3.8) is 0 Å². The zero-order chi connectivity index (χ0) is 32.3. The van der Waals surface area contributed by atoms with E-state index >= 15 is 0 Å². The first-order chi connectivity index (χ1) is 22.2. The molecule has 0 aromatic heterocycles. The standard InChI is InChI=1S/C40H48N2O4/c1-28-22-40(3,23-28)24-34(44)15-16-37(29(2)43)42-26-36-35(39(42)45)13-8-14-38(36)46-27-31-10-7-9-30(21-31)25-41-19-17-33(18-20-41)32-11-5-4-6-12-32/h4-14,21,28,33,37H,15-20,22-27H2,1-3H3. The van der Waals surface area contributed by atoms with Gasteiger partial charge in [-0.1, -0.05) is 74.5 Å². The molecular weight excluding hydrogens is 572 g/mol. The van der Waals surface area contributed by atoms with Crippen molar-refractivity contribution >= 4 is 17.5 Å². The van der Waals surface area contributed by atoms with Gasteiger partial charge in [-0.25, -0.2) is 0 Å². The molecule has 3 aromatic carbocycles. The Balaban J connectivity index is 1.04. The molecule has 0 N–H and O–H groups in total. The minimum atomic E-state index is -0.612. The lowest BCUT2D eigenvalue weighted by Crippen LogP contribution is -2.41. The van der Waals surface area contributed by atoms with Gasteiger partial charge in [-0.05, 0) is 98.2 Å². The number of rotatable bonds is 13. The maximum Gasteiger partial charge on any atom is 0.255 e. The monoisotopic (exact) mass is 620 g/mol. The number of likely N-dealkylation sites (tertiary alicyclic amines) is 1. The van der Waals surface area contributed by atoms with Gasteiger partial charge in [-0.2, -0.15) is 0 Å². The fourth-order valence-electron chi connectivity index (χ4n) is 8.31. The number of ether oxygens (including phenoxy) is 1. The Kier molecular flexibility index (Phi) is 9.74. The van der Waals surface area contributed by atoms with Crippen LogP contribution in [0.15, 0.2) is 72.8 Å².